The van der Waals surface area contributed by atoms with Crippen LogP contribution in [0, 0.1) is 0 Å². The van der Waals surface area contributed by atoms with E-state index in [0.29, 0.717) is 12.8 Å². The van der Waals surface area contributed by atoms with Crippen molar-refractivity contribution in [1.29, 1.82) is 0 Å². The first kappa shape index (κ1) is 50.2. The van der Waals surface area contributed by atoms with Crippen molar-refractivity contribution < 1.29 is 47.8 Å². The van der Waals surface area contributed by atoms with Crippen molar-refractivity contribution in [3.05, 3.63) is 36.5 Å². The van der Waals surface area contributed by atoms with Crippen LogP contribution in [0.2, 0.25) is 0 Å². The van der Waals surface area contributed by atoms with Crippen LogP contribution < -0.4 is 0 Å². The highest BCUT2D eigenvalue weighted by atomic mass is 31.2. The van der Waals surface area contributed by atoms with Gasteiger partial charge in [0.1, 0.15) is 12.2 Å². The van der Waals surface area contributed by atoms with Gasteiger partial charge in [0.2, 0.25) is 0 Å². The molecule has 0 aliphatic rings. The zero-order valence-electron chi connectivity index (χ0n) is 32.8. The normalized spacial score (nSPS) is 14.3. The second-order valence-corrected chi connectivity index (χ2v) is 15.1. The second-order valence-electron chi connectivity index (χ2n) is 13.6. The van der Waals surface area contributed by atoms with Crippen molar-refractivity contribution in [3.63, 3.8) is 0 Å². The summed E-state index contributed by atoms with van der Waals surface area (Å²) < 4.78 is 32.5. The Labute approximate surface area is 316 Å². The standard InChI is InChI=1S/C41H75O10P/c1-3-5-7-9-11-13-15-17-18-19-21-23-25-27-29-31-33-41(45)51-39(35-43)37-49-52(46,47)48-36-38(34-42)50-40(44)32-30-28-26-24-22-20-16-14-12-10-8-6-4-2/h13-16,18-19,38-39,42-43H,3-12,17,20-37H2,1-2H3,(H,46,47)/b15-13-,16-14-,19-18-. The molecule has 0 radical (unpaired) electrons. The molecule has 0 rings (SSSR count). The summed E-state index contributed by atoms with van der Waals surface area (Å²) in [6.07, 6.45) is 36.9. The van der Waals surface area contributed by atoms with Crippen LogP contribution in [0.5, 0.6) is 0 Å². The van der Waals surface area contributed by atoms with Crippen LogP contribution in [0.15, 0.2) is 36.5 Å². The molecule has 0 fully saturated rings. The Bertz CT molecular complexity index is 967. The van der Waals surface area contributed by atoms with E-state index in [2.05, 4.69) is 50.3 Å². The molecule has 0 aromatic heterocycles. The minimum atomic E-state index is -4.64. The molecule has 3 unspecified atom stereocenters. The predicted molar refractivity (Wildman–Crippen MR) is 210 cm³/mol. The van der Waals surface area contributed by atoms with Crippen molar-refractivity contribution in [1.82, 2.24) is 0 Å². The SMILES string of the molecule is CCCCCC/C=C\C/C=C\CCCCCCCC(=O)OC(CO)COP(=O)(O)OCC(CO)OC(=O)CCCCCCC/C=C\CCCCCC. The van der Waals surface area contributed by atoms with Crippen molar-refractivity contribution in [3.8, 4) is 0 Å². The Hall–Kier alpha value is -1.81. The molecular weight excluding hydrogens is 683 g/mol. The molecule has 0 amide bonds. The summed E-state index contributed by atoms with van der Waals surface area (Å²) in [5.41, 5.74) is 0. The number of ether oxygens (including phenoxy) is 2. The smallest absolute Gasteiger partial charge is 0.457 e. The van der Waals surface area contributed by atoms with Crippen molar-refractivity contribution in [2.24, 2.45) is 0 Å². The van der Waals surface area contributed by atoms with Gasteiger partial charge in [0, 0.05) is 12.8 Å². The number of allylic oxidation sites excluding steroid dienone is 6. The van der Waals surface area contributed by atoms with Gasteiger partial charge in [-0.05, 0) is 70.6 Å². The number of unbranched alkanes of at least 4 members (excludes halogenated alkanes) is 18. The van der Waals surface area contributed by atoms with E-state index in [4.69, 9.17) is 18.5 Å². The van der Waals surface area contributed by atoms with Gasteiger partial charge in [-0.25, -0.2) is 4.57 Å². The van der Waals surface area contributed by atoms with Gasteiger partial charge in [0.05, 0.1) is 26.4 Å². The quantitative estimate of drug-likeness (QED) is 0.0240. The van der Waals surface area contributed by atoms with E-state index in [-0.39, 0.29) is 12.8 Å². The maximum atomic E-state index is 12.3. The van der Waals surface area contributed by atoms with Gasteiger partial charge < -0.3 is 24.6 Å². The molecular formula is C41H75O10P. The van der Waals surface area contributed by atoms with Crippen LogP contribution in [0.25, 0.3) is 0 Å². The van der Waals surface area contributed by atoms with Gasteiger partial charge in [-0.15, -0.1) is 0 Å². The van der Waals surface area contributed by atoms with Gasteiger partial charge in [-0.2, -0.15) is 0 Å². The summed E-state index contributed by atoms with van der Waals surface area (Å²) in [5, 5.41) is 19.1. The van der Waals surface area contributed by atoms with E-state index < -0.39 is 58.4 Å². The molecule has 0 aliphatic heterocycles. The molecule has 0 saturated carbocycles. The summed E-state index contributed by atoms with van der Waals surface area (Å²) in [7, 11) is -4.64. The third-order valence-electron chi connectivity index (χ3n) is 8.57. The van der Waals surface area contributed by atoms with Gasteiger partial charge in [-0.1, -0.05) is 127 Å². The van der Waals surface area contributed by atoms with E-state index in [0.717, 1.165) is 77.0 Å². The van der Waals surface area contributed by atoms with E-state index >= 15 is 0 Å². The number of carbonyl (C=O) groups is 2. The fourth-order valence-corrected chi connectivity index (χ4v) is 6.16. The summed E-state index contributed by atoms with van der Waals surface area (Å²) in [6.45, 7) is 2.14. The van der Waals surface area contributed by atoms with Gasteiger partial charge in [0.25, 0.3) is 0 Å². The van der Waals surface area contributed by atoms with Gasteiger partial charge in [-0.3, -0.25) is 18.6 Å². The topological polar surface area (TPSA) is 149 Å². The number of aliphatic hydroxyl groups excluding tert-OH is 2. The maximum absolute atomic E-state index is 12.3. The fraction of sp³-hybridized carbons (Fsp3) is 0.805. The van der Waals surface area contributed by atoms with Crippen molar-refractivity contribution in [2.75, 3.05) is 26.4 Å². The summed E-state index contributed by atoms with van der Waals surface area (Å²) in [6, 6.07) is 0. The lowest BCUT2D eigenvalue weighted by Gasteiger charge is -2.20. The Morgan fingerprint density at radius 2 is 0.846 bits per heavy atom. The molecule has 0 aromatic rings. The zero-order valence-corrected chi connectivity index (χ0v) is 33.7. The molecule has 11 heteroatoms. The van der Waals surface area contributed by atoms with Crippen LogP contribution in [0.1, 0.15) is 174 Å². The largest absolute Gasteiger partial charge is 0.472 e. The Morgan fingerprint density at radius 3 is 1.21 bits per heavy atom. The average molecular weight is 759 g/mol. The fourth-order valence-electron chi connectivity index (χ4n) is 5.37. The molecule has 3 atom stereocenters. The van der Waals surface area contributed by atoms with Crippen LogP contribution in [0.4, 0.5) is 0 Å². The van der Waals surface area contributed by atoms with E-state index in [1.807, 2.05) is 0 Å². The predicted octanol–water partition coefficient (Wildman–Crippen LogP) is 10.4. The summed E-state index contributed by atoms with van der Waals surface area (Å²) in [4.78, 5) is 34.4. The first-order valence-electron chi connectivity index (χ1n) is 20.4. The molecule has 0 spiro atoms. The lowest BCUT2D eigenvalue weighted by Crippen LogP contribution is -2.28. The number of aliphatic hydroxyl groups is 2. The molecule has 0 heterocycles. The van der Waals surface area contributed by atoms with Crippen molar-refractivity contribution in [2.45, 2.75) is 187 Å². The average Bonchev–Trinajstić information content (AvgIpc) is 3.13. The molecule has 3 N–H and O–H groups in total. The highest BCUT2D eigenvalue weighted by molar-refractivity contribution is 7.47. The van der Waals surface area contributed by atoms with Crippen LogP contribution >= 0.6 is 7.82 Å². The number of rotatable bonds is 38. The molecule has 0 saturated heterocycles. The van der Waals surface area contributed by atoms with E-state index in [1.54, 1.807) is 0 Å². The van der Waals surface area contributed by atoms with Crippen LogP contribution in [0.3, 0.4) is 0 Å². The van der Waals surface area contributed by atoms with E-state index in [9.17, 15) is 29.3 Å². The second kappa shape index (κ2) is 37.5. The van der Waals surface area contributed by atoms with E-state index in [1.165, 1.54) is 57.8 Å². The Kier molecular flexibility index (Phi) is 36.2. The summed E-state index contributed by atoms with van der Waals surface area (Å²) in [5.74, 6) is -1.04. The molecule has 10 nitrogen and oxygen atoms in total. The number of hydrogen-bond acceptors (Lipinski definition) is 9. The molecule has 0 aliphatic carbocycles. The minimum absolute atomic E-state index is 0.176. The Morgan fingerprint density at radius 1 is 0.519 bits per heavy atom. The summed E-state index contributed by atoms with van der Waals surface area (Å²) >= 11 is 0. The zero-order chi connectivity index (χ0) is 38.4. The third kappa shape index (κ3) is 35.2. The van der Waals surface area contributed by atoms with Crippen molar-refractivity contribution >= 4 is 19.8 Å². The third-order valence-corrected chi connectivity index (χ3v) is 9.53. The minimum Gasteiger partial charge on any atom is -0.457 e. The number of phosphoric acid groups is 1. The number of carbonyl (C=O) groups excluding carboxylic acids is 2. The molecule has 0 bridgehead atoms. The molecule has 304 valence electrons. The number of esters is 2. The Balaban J connectivity index is 3.99. The monoisotopic (exact) mass is 759 g/mol. The van der Waals surface area contributed by atoms with Crippen LogP contribution in [-0.4, -0.2) is 65.7 Å². The lowest BCUT2D eigenvalue weighted by molar-refractivity contribution is -0.153. The first-order valence-corrected chi connectivity index (χ1v) is 21.9. The maximum Gasteiger partial charge on any atom is 0.472 e. The number of hydrogen-bond donors (Lipinski definition) is 3. The van der Waals surface area contributed by atoms with Crippen LogP contribution in [-0.2, 0) is 32.7 Å². The first-order chi connectivity index (χ1) is 25.3. The van der Waals surface area contributed by atoms with Gasteiger partial charge >= 0.3 is 19.8 Å². The lowest BCUT2D eigenvalue weighted by atomic mass is 10.1. The highest BCUT2D eigenvalue weighted by Gasteiger charge is 2.27. The highest BCUT2D eigenvalue weighted by Crippen LogP contribution is 2.43. The molecule has 52 heavy (non-hydrogen) atoms. The number of phosphoric ester groups is 1. The van der Waals surface area contributed by atoms with Gasteiger partial charge in [0.15, 0.2) is 0 Å². The molecule has 0 aromatic carbocycles.